The first-order valence-electron chi connectivity index (χ1n) is 29.7. The standard InChI is InChI=1S/C82H58N4/c1-9-25-56(26-10-1)60-41-45-64(46-42-60)71-51-70(82-84-80(66-37-21-7-22-38-66)83-81(85-82)67-39-23-8-24-40-67)52-72(65-47-43-61(44-48-65)57-27-11-2-12-28-57)75(71)55-86-76-53-68(58-29-13-3-14-30-58)49-73(62-33-17-5-18-34-62)78(76)79-74(63-35-19-6-20-36-63)50-69(54-77(79)86)59-31-15-4-16-32-59/h1-19,21-35,37-54H,20,36,55H2. The zero-order valence-electron chi connectivity index (χ0n) is 47.4. The summed E-state index contributed by atoms with van der Waals surface area (Å²) < 4.78 is 2.64. The molecule has 0 saturated heterocycles. The summed E-state index contributed by atoms with van der Waals surface area (Å²) in [6.07, 6.45) is 8.81. The lowest BCUT2D eigenvalue weighted by molar-refractivity contribution is 0.872. The van der Waals surface area contributed by atoms with Crippen molar-refractivity contribution in [3.05, 3.63) is 327 Å². The molecule has 406 valence electrons. The highest BCUT2D eigenvalue weighted by Crippen LogP contribution is 2.48. The van der Waals surface area contributed by atoms with Crippen molar-refractivity contribution in [1.29, 1.82) is 0 Å². The van der Waals surface area contributed by atoms with E-state index >= 15 is 0 Å². The van der Waals surface area contributed by atoms with Crippen molar-refractivity contribution in [2.75, 3.05) is 0 Å². The minimum atomic E-state index is 0.524. The van der Waals surface area contributed by atoms with Gasteiger partial charge in [-0.15, -0.1) is 0 Å². The lowest BCUT2D eigenvalue weighted by atomic mass is 9.88. The van der Waals surface area contributed by atoms with Gasteiger partial charge in [0, 0.05) is 34.0 Å². The first-order chi connectivity index (χ1) is 42.6. The lowest BCUT2D eigenvalue weighted by Crippen LogP contribution is -2.06. The Morgan fingerprint density at radius 2 is 0.593 bits per heavy atom. The van der Waals surface area contributed by atoms with Gasteiger partial charge in [-0.3, -0.25) is 0 Å². The minimum Gasteiger partial charge on any atom is -0.336 e. The van der Waals surface area contributed by atoms with E-state index in [1.807, 2.05) is 36.4 Å². The fourth-order valence-corrected chi connectivity index (χ4v) is 12.6. The third-order valence-electron chi connectivity index (χ3n) is 16.9. The Kier molecular flexibility index (Phi) is 13.8. The Morgan fingerprint density at radius 1 is 0.279 bits per heavy atom. The molecule has 0 spiro atoms. The number of rotatable bonds is 13. The Bertz CT molecular complexity index is 4640. The molecule has 0 unspecified atom stereocenters. The van der Waals surface area contributed by atoms with Crippen LogP contribution in [0.2, 0.25) is 0 Å². The highest BCUT2D eigenvalue weighted by atomic mass is 15.0. The molecule has 0 radical (unpaired) electrons. The summed E-state index contributed by atoms with van der Waals surface area (Å²) in [5.74, 6) is 1.82. The maximum absolute atomic E-state index is 5.40. The fraction of sp³-hybridized carbons (Fsp3) is 0.0366. The van der Waals surface area contributed by atoms with Crippen LogP contribution < -0.4 is 0 Å². The molecule has 0 aliphatic heterocycles. The van der Waals surface area contributed by atoms with Gasteiger partial charge >= 0.3 is 0 Å². The van der Waals surface area contributed by atoms with Crippen molar-refractivity contribution in [1.82, 2.24) is 19.5 Å². The summed E-state index contributed by atoms with van der Waals surface area (Å²) in [6, 6.07) is 107. The van der Waals surface area contributed by atoms with Crippen LogP contribution in [-0.2, 0) is 6.54 Å². The molecule has 0 atom stereocenters. The average molecular weight is 1100 g/mol. The first kappa shape index (κ1) is 51.8. The molecule has 12 aromatic carbocycles. The lowest BCUT2D eigenvalue weighted by Gasteiger charge is -2.21. The molecule has 2 aromatic heterocycles. The number of allylic oxidation sites excluding steroid dienone is 4. The number of hydrogen-bond donors (Lipinski definition) is 0. The second-order valence-corrected chi connectivity index (χ2v) is 22.2. The SMILES string of the molecule is C1=CCCC(c2cc(-c3ccccc3)cc3c2c2c(-c4ccccc4)cc(-c4ccccc4)cc2n3Cc2c(-c3ccc(-c4ccccc4)cc3)cc(-c3nc(-c4ccccc4)nc(-c4ccccc4)n3)cc2-c2ccc(-c3ccccc3)cc2)=C1. The molecular weight excluding hydrogens is 1040 g/mol. The summed E-state index contributed by atoms with van der Waals surface area (Å²) in [5, 5.41) is 2.49. The van der Waals surface area contributed by atoms with Crippen LogP contribution in [0.5, 0.6) is 0 Å². The van der Waals surface area contributed by atoms with Crippen LogP contribution in [0, 0.1) is 0 Å². The molecule has 0 N–H and O–H groups in total. The Labute approximate surface area is 502 Å². The van der Waals surface area contributed by atoms with E-state index in [-0.39, 0.29) is 0 Å². The molecule has 0 fully saturated rings. The number of nitrogens with zero attached hydrogens (tertiary/aromatic N) is 4. The van der Waals surface area contributed by atoms with Gasteiger partial charge in [0.15, 0.2) is 17.5 Å². The van der Waals surface area contributed by atoms with Gasteiger partial charge in [-0.05, 0) is 144 Å². The average Bonchev–Trinajstić information content (AvgIpc) is 1.67. The number of aromatic nitrogens is 4. The molecule has 2 heterocycles. The Balaban J connectivity index is 1.06. The molecule has 14 aromatic rings. The van der Waals surface area contributed by atoms with E-state index in [0.29, 0.717) is 24.0 Å². The van der Waals surface area contributed by atoms with E-state index in [0.717, 1.165) is 74.0 Å². The first-order valence-corrected chi connectivity index (χ1v) is 29.7. The number of benzene rings is 12. The quantitative estimate of drug-likeness (QED) is 0.116. The van der Waals surface area contributed by atoms with Gasteiger partial charge in [0.1, 0.15) is 0 Å². The van der Waals surface area contributed by atoms with Crippen LogP contribution in [0.3, 0.4) is 0 Å². The molecule has 1 aliphatic rings. The Hall–Kier alpha value is -11.1. The van der Waals surface area contributed by atoms with Crippen molar-refractivity contribution in [3.63, 3.8) is 0 Å². The molecule has 0 saturated carbocycles. The van der Waals surface area contributed by atoms with E-state index in [9.17, 15) is 0 Å². The third kappa shape index (κ3) is 10.1. The van der Waals surface area contributed by atoms with Gasteiger partial charge in [-0.2, -0.15) is 0 Å². The molecule has 86 heavy (non-hydrogen) atoms. The van der Waals surface area contributed by atoms with Gasteiger partial charge in [0.2, 0.25) is 0 Å². The predicted molar refractivity (Wildman–Crippen MR) is 359 cm³/mol. The highest BCUT2D eigenvalue weighted by molar-refractivity contribution is 6.20. The molecule has 0 amide bonds. The maximum Gasteiger partial charge on any atom is 0.164 e. The van der Waals surface area contributed by atoms with Crippen LogP contribution in [0.25, 0.3) is 139 Å². The number of fused-ring (bicyclic) bond motifs is 3. The van der Waals surface area contributed by atoms with Crippen molar-refractivity contribution >= 4 is 27.4 Å². The van der Waals surface area contributed by atoms with Gasteiger partial charge < -0.3 is 4.57 Å². The smallest absolute Gasteiger partial charge is 0.164 e. The van der Waals surface area contributed by atoms with Crippen molar-refractivity contribution in [2.24, 2.45) is 0 Å². The van der Waals surface area contributed by atoms with Crippen LogP contribution >= 0.6 is 0 Å². The second kappa shape index (κ2) is 22.9. The zero-order valence-corrected chi connectivity index (χ0v) is 47.4. The molecule has 1 aliphatic carbocycles. The largest absolute Gasteiger partial charge is 0.336 e. The summed E-state index contributed by atoms with van der Waals surface area (Å²) in [6.45, 7) is 0.524. The van der Waals surface area contributed by atoms with Gasteiger partial charge in [-0.1, -0.05) is 279 Å². The zero-order chi connectivity index (χ0) is 57.2. The van der Waals surface area contributed by atoms with Crippen molar-refractivity contribution in [2.45, 2.75) is 19.4 Å². The monoisotopic (exact) mass is 1100 g/mol. The summed E-state index contributed by atoms with van der Waals surface area (Å²) in [4.78, 5) is 15.9. The summed E-state index contributed by atoms with van der Waals surface area (Å²) >= 11 is 0. The van der Waals surface area contributed by atoms with Crippen LogP contribution in [0.15, 0.2) is 315 Å². The van der Waals surface area contributed by atoms with Gasteiger partial charge in [0.25, 0.3) is 0 Å². The van der Waals surface area contributed by atoms with E-state index in [1.54, 1.807) is 0 Å². The highest BCUT2D eigenvalue weighted by Gasteiger charge is 2.26. The van der Waals surface area contributed by atoms with Crippen LogP contribution in [0.1, 0.15) is 24.0 Å². The molecular formula is C82H58N4. The van der Waals surface area contributed by atoms with E-state index in [4.69, 9.17) is 15.0 Å². The normalized spacial score (nSPS) is 12.2. The predicted octanol–water partition coefficient (Wildman–Crippen LogP) is 21.4. The molecule has 4 heteroatoms. The maximum atomic E-state index is 5.40. The molecule has 0 bridgehead atoms. The van der Waals surface area contributed by atoms with Crippen molar-refractivity contribution in [3.8, 4) is 112 Å². The van der Waals surface area contributed by atoms with Gasteiger partial charge in [0.05, 0.1) is 11.0 Å². The summed E-state index contributed by atoms with van der Waals surface area (Å²) in [5.41, 5.74) is 24.9. The number of hydrogen-bond acceptors (Lipinski definition) is 3. The van der Waals surface area contributed by atoms with Gasteiger partial charge in [-0.25, -0.2) is 15.0 Å². The third-order valence-corrected chi connectivity index (χ3v) is 16.9. The van der Waals surface area contributed by atoms with Crippen molar-refractivity contribution < 1.29 is 0 Å². The summed E-state index contributed by atoms with van der Waals surface area (Å²) in [7, 11) is 0. The van der Waals surface area contributed by atoms with E-state index in [2.05, 4.69) is 284 Å². The van der Waals surface area contributed by atoms with Crippen LogP contribution in [-0.4, -0.2) is 19.5 Å². The molecule has 4 nitrogen and oxygen atoms in total. The fourth-order valence-electron chi connectivity index (χ4n) is 12.6. The second-order valence-electron chi connectivity index (χ2n) is 22.2. The topological polar surface area (TPSA) is 43.6 Å². The molecule has 15 rings (SSSR count). The Morgan fingerprint density at radius 3 is 1.00 bits per heavy atom. The van der Waals surface area contributed by atoms with Crippen LogP contribution in [0.4, 0.5) is 0 Å². The minimum absolute atomic E-state index is 0.524. The van der Waals surface area contributed by atoms with E-state index < -0.39 is 0 Å². The van der Waals surface area contributed by atoms with E-state index in [1.165, 1.54) is 71.9 Å².